The van der Waals surface area contributed by atoms with E-state index in [9.17, 15) is 23.7 Å². The highest BCUT2D eigenvalue weighted by molar-refractivity contribution is 5.94. The van der Waals surface area contributed by atoms with E-state index in [1.54, 1.807) is 13.0 Å². The van der Waals surface area contributed by atoms with Crippen LogP contribution in [0.1, 0.15) is 19.8 Å². The van der Waals surface area contributed by atoms with Gasteiger partial charge in [0.1, 0.15) is 11.7 Å². The summed E-state index contributed by atoms with van der Waals surface area (Å²) in [5.74, 6) is -4.26. The summed E-state index contributed by atoms with van der Waals surface area (Å²) in [6.07, 6.45) is 0.838. The molecule has 1 aromatic carbocycles. The van der Waals surface area contributed by atoms with Gasteiger partial charge in [-0.2, -0.15) is 9.65 Å². The first kappa shape index (κ1) is 15.5. The predicted octanol–water partition coefficient (Wildman–Crippen LogP) is 2.75. The first-order chi connectivity index (χ1) is 9.40. The molecular weight excluding hydrogens is 272 g/mol. The smallest absolute Gasteiger partial charge is 0.307 e. The van der Waals surface area contributed by atoms with Gasteiger partial charge < -0.3 is 5.32 Å². The number of halogens is 2. The highest BCUT2D eigenvalue weighted by Crippen LogP contribution is 2.25. The Labute approximate surface area is 113 Å². The van der Waals surface area contributed by atoms with Gasteiger partial charge in [0, 0.05) is 12.1 Å². The zero-order valence-corrected chi connectivity index (χ0v) is 10.5. The predicted molar refractivity (Wildman–Crippen MR) is 65.7 cm³/mol. The largest absolute Gasteiger partial charge is 0.322 e. The second-order valence-electron chi connectivity index (χ2n) is 4.00. The number of anilines is 1. The van der Waals surface area contributed by atoms with E-state index < -0.39 is 39.8 Å². The first-order valence-corrected chi connectivity index (χ1v) is 5.74. The molecule has 0 bridgehead atoms. The summed E-state index contributed by atoms with van der Waals surface area (Å²) in [7, 11) is 0. The van der Waals surface area contributed by atoms with Crippen LogP contribution in [0, 0.1) is 39.0 Å². The van der Waals surface area contributed by atoms with Crippen LogP contribution in [0.15, 0.2) is 12.1 Å². The fraction of sp³-hybridized carbons (Fsp3) is 0.333. The molecule has 1 aromatic rings. The summed E-state index contributed by atoms with van der Waals surface area (Å²) in [5, 5.41) is 21.4. The average Bonchev–Trinajstić information content (AvgIpc) is 2.38. The molecule has 0 radical (unpaired) electrons. The van der Waals surface area contributed by atoms with Crippen molar-refractivity contribution in [3.63, 3.8) is 0 Å². The van der Waals surface area contributed by atoms with E-state index in [1.807, 2.05) is 0 Å². The molecule has 0 spiro atoms. The molecule has 106 valence electrons. The van der Waals surface area contributed by atoms with Gasteiger partial charge >= 0.3 is 5.69 Å². The van der Waals surface area contributed by atoms with E-state index in [0.717, 1.165) is 0 Å². The summed E-state index contributed by atoms with van der Waals surface area (Å²) >= 11 is 0. The second-order valence-corrected chi connectivity index (χ2v) is 4.00. The number of benzene rings is 1. The van der Waals surface area contributed by atoms with Crippen LogP contribution in [0.2, 0.25) is 0 Å². The number of carbonyl (C=O) groups excluding carboxylic acids is 1. The molecule has 1 rings (SSSR count). The van der Waals surface area contributed by atoms with Crippen molar-refractivity contribution in [2.45, 2.75) is 19.8 Å². The van der Waals surface area contributed by atoms with E-state index in [2.05, 4.69) is 5.32 Å². The zero-order valence-electron chi connectivity index (χ0n) is 10.5. The Bertz CT molecular complexity index is 584. The van der Waals surface area contributed by atoms with Gasteiger partial charge in [-0.1, -0.05) is 13.3 Å². The molecule has 0 aliphatic heterocycles. The van der Waals surface area contributed by atoms with Gasteiger partial charge in [0.15, 0.2) is 0 Å². The Morgan fingerprint density at radius 2 is 2.15 bits per heavy atom. The highest BCUT2D eigenvalue weighted by Gasteiger charge is 2.22. The summed E-state index contributed by atoms with van der Waals surface area (Å²) in [4.78, 5) is 21.2. The molecule has 1 amide bonds. The monoisotopic (exact) mass is 283 g/mol. The molecule has 6 nitrogen and oxygen atoms in total. The quantitative estimate of drug-likeness (QED) is 0.663. The van der Waals surface area contributed by atoms with Crippen LogP contribution >= 0.6 is 0 Å². The zero-order chi connectivity index (χ0) is 15.3. The topological polar surface area (TPSA) is 96.0 Å². The molecule has 8 heteroatoms. The lowest BCUT2D eigenvalue weighted by Gasteiger charge is -2.10. The van der Waals surface area contributed by atoms with Crippen molar-refractivity contribution in [3.05, 3.63) is 33.9 Å². The third-order valence-corrected chi connectivity index (χ3v) is 2.54. The standard InChI is InChI=1S/C12H11F2N3O3/c1-2-3-7(6-15)12(18)16-10-5-11(17(19)20)9(14)4-8(10)13/h4-5,7H,2-3H2,1H3,(H,16,18). The lowest BCUT2D eigenvalue weighted by molar-refractivity contribution is -0.387. The molecule has 0 aliphatic rings. The maximum Gasteiger partial charge on any atom is 0.307 e. The molecule has 20 heavy (non-hydrogen) atoms. The Morgan fingerprint density at radius 3 is 2.65 bits per heavy atom. The van der Waals surface area contributed by atoms with Gasteiger partial charge in [-0.25, -0.2) is 4.39 Å². The van der Waals surface area contributed by atoms with E-state index in [0.29, 0.717) is 18.6 Å². The van der Waals surface area contributed by atoms with Crippen molar-refractivity contribution in [1.29, 1.82) is 5.26 Å². The summed E-state index contributed by atoms with van der Waals surface area (Å²) in [5.41, 5.74) is -1.48. The molecule has 0 saturated carbocycles. The van der Waals surface area contributed by atoms with Crippen molar-refractivity contribution in [3.8, 4) is 6.07 Å². The molecule has 0 saturated heterocycles. The van der Waals surface area contributed by atoms with Crippen molar-refractivity contribution < 1.29 is 18.5 Å². The van der Waals surface area contributed by atoms with Gasteiger partial charge in [0.05, 0.1) is 16.7 Å². The molecular formula is C12H11F2N3O3. The second kappa shape index (κ2) is 6.56. The number of nitriles is 1. The molecule has 1 unspecified atom stereocenters. The van der Waals surface area contributed by atoms with E-state index >= 15 is 0 Å². The van der Waals surface area contributed by atoms with E-state index in [-0.39, 0.29) is 6.42 Å². The first-order valence-electron chi connectivity index (χ1n) is 5.74. The van der Waals surface area contributed by atoms with Crippen LogP contribution in [0.3, 0.4) is 0 Å². The van der Waals surface area contributed by atoms with Gasteiger partial charge in [-0.15, -0.1) is 0 Å². The normalized spacial score (nSPS) is 11.5. The van der Waals surface area contributed by atoms with Crippen LogP contribution in [-0.2, 0) is 4.79 Å². The van der Waals surface area contributed by atoms with Crippen LogP contribution in [0.25, 0.3) is 0 Å². The summed E-state index contributed by atoms with van der Waals surface area (Å²) in [6.45, 7) is 1.76. The minimum absolute atomic E-state index is 0.271. The molecule has 1 N–H and O–H groups in total. The van der Waals surface area contributed by atoms with E-state index in [4.69, 9.17) is 5.26 Å². The molecule has 0 aromatic heterocycles. The third-order valence-electron chi connectivity index (χ3n) is 2.54. The molecule has 0 fully saturated rings. The Hall–Kier alpha value is -2.56. The summed E-state index contributed by atoms with van der Waals surface area (Å²) in [6, 6.07) is 2.65. The number of nitro groups is 1. The maximum atomic E-state index is 13.4. The van der Waals surface area contributed by atoms with E-state index in [1.165, 1.54) is 0 Å². The number of nitrogens with zero attached hydrogens (tertiary/aromatic N) is 2. The molecule has 0 aliphatic carbocycles. The minimum atomic E-state index is -1.34. The van der Waals surface area contributed by atoms with Crippen LogP contribution in [0.4, 0.5) is 20.2 Å². The fourth-order valence-corrected chi connectivity index (χ4v) is 1.54. The SMILES string of the molecule is CCCC(C#N)C(=O)Nc1cc([N+](=O)[O-])c(F)cc1F. The van der Waals surface area contributed by atoms with Crippen LogP contribution in [-0.4, -0.2) is 10.8 Å². The number of amides is 1. The maximum absolute atomic E-state index is 13.4. The number of hydrogen-bond donors (Lipinski definition) is 1. The third kappa shape index (κ3) is 3.47. The van der Waals surface area contributed by atoms with Gasteiger partial charge in [-0.3, -0.25) is 14.9 Å². The number of carbonyl (C=O) groups is 1. The Balaban J connectivity index is 3.03. The summed E-state index contributed by atoms with van der Waals surface area (Å²) < 4.78 is 26.6. The highest BCUT2D eigenvalue weighted by atomic mass is 19.1. The van der Waals surface area contributed by atoms with Crippen LogP contribution < -0.4 is 5.32 Å². The fourth-order valence-electron chi connectivity index (χ4n) is 1.54. The molecule has 0 heterocycles. The number of nitrogens with one attached hydrogen (secondary N) is 1. The number of hydrogen-bond acceptors (Lipinski definition) is 4. The lowest BCUT2D eigenvalue weighted by atomic mass is 10.0. The van der Waals surface area contributed by atoms with Gasteiger partial charge in [-0.05, 0) is 6.42 Å². The average molecular weight is 283 g/mol. The van der Waals surface area contributed by atoms with Gasteiger partial charge in [0.2, 0.25) is 11.7 Å². The lowest BCUT2D eigenvalue weighted by Crippen LogP contribution is -2.22. The van der Waals surface area contributed by atoms with Crippen molar-refractivity contribution in [2.75, 3.05) is 5.32 Å². The minimum Gasteiger partial charge on any atom is -0.322 e. The van der Waals surface area contributed by atoms with Crippen LogP contribution in [0.5, 0.6) is 0 Å². The van der Waals surface area contributed by atoms with Gasteiger partial charge in [0.25, 0.3) is 0 Å². The Morgan fingerprint density at radius 1 is 1.50 bits per heavy atom. The van der Waals surface area contributed by atoms with Crippen molar-refractivity contribution >= 4 is 17.3 Å². The molecule has 1 atom stereocenters. The van der Waals surface area contributed by atoms with Crippen molar-refractivity contribution in [2.24, 2.45) is 5.92 Å². The Kier molecular flexibility index (Phi) is 5.08. The number of nitro benzene ring substituents is 1. The number of rotatable bonds is 5. The van der Waals surface area contributed by atoms with Crippen molar-refractivity contribution in [1.82, 2.24) is 0 Å².